The van der Waals surface area contributed by atoms with E-state index in [1.54, 1.807) is 23.3 Å². The van der Waals surface area contributed by atoms with Crippen LogP contribution in [0, 0.1) is 0 Å². The molecule has 0 fully saturated rings. The first-order chi connectivity index (χ1) is 7.81. The number of hydrogen-bond acceptors (Lipinski definition) is 4. The fraction of sp³-hybridized carbons (Fsp3) is 0.182. The third-order valence-electron chi connectivity index (χ3n) is 2.21. The smallest absolute Gasteiger partial charge is 0.356 e. The van der Waals surface area contributed by atoms with Gasteiger partial charge in [-0.2, -0.15) is 0 Å². The van der Waals surface area contributed by atoms with Crippen LogP contribution >= 0.6 is 0 Å². The highest BCUT2D eigenvalue weighted by atomic mass is 16.5. The van der Waals surface area contributed by atoms with Crippen LogP contribution in [0.5, 0.6) is 0 Å². The number of carbonyl (C=O) groups is 1. The molecule has 0 aliphatic carbocycles. The summed E-state index contributed by atoms with van der Waals surface area (Å²) in [4.78, 5) is 19.3. The van der Waals surface area contributed by atoms with Gasteiger partial charge in [0, 0.05) is 18.9 Å². The molecule has 16 heavy (non-hydrogen) atoms. The number of ether oxygens (including phenoxy) is 1. The monoisotopic (exact) mass is 217 g/mol. The van der Waals surface area contributed by atoms with Crippen LogP contribution in [-0.4, -0.2) is 27.6 Å². The van der Waals surface area contributed by atoms with E-state index in [1.165, 1.54) is 13.3 Å². The summed E-state index contributed by atoms with van der Waals surface area (Å²) in [5.74, 6) is -0.383. The van der Waals surface area contributed by atoms with E-state index < -0.39 is 0 Å². The van der Waals surface area contributed by atoms with Gasteiger partial charge in [0.2, 0.25) is 0 Å². The molecule has 0 atom stereocenters. The van der Waals surface area contributed by atoms with Crippen molar-refractivity contribution in [3.8, 4) is 0 Å². The van der Waals surface area contributed by atoms with Crippen molar-refractivity contribution in [1.82, 2.24) is 14.5 Å². The second-order valence-corrected chi connectivity index (χ2v) is 3.25. The van der Waals surface area contributed by atoms with E-state index in [0.717, 1.165) is 5.56 Å². The molecule has 82 valence electrons. The first-order valence-electron chi connectivity index (χ1n) is 4.78. The lowest BCUT2D eigenvalue weighted by Crippen LogP contribution is -2.10. The lowest BCUT2D eigenvalue weighted by atomic mass is 10.2. The molecule has 5 nitrogen and oxygen atoms in total. The summed E-state index contributed by atoms with van der Waals surface area (Å²) in [6, 6.07) is 3.78. The van der Waals surface area contributed by atoms with E-state index in [1.807, 2.05) is 12.1 Å². The minimum Gasteiger partial charge on any atom is -0.464 e. The van der Waals surface area contributed by atoms with Gasteiger partial charge in [-0.15, -0.1) is 0 Å². The van der Waals surface area contributed by atoms with Crippen LogP contribution in [0.25, 0.3) is 0 Å². The van der Waals surface area contributed by atoms with Gasteiger partial charge in [0.05, 0.1) is 19.6 Å². The van der Waals surface area contributed by atoms with E-state index in [2.05, 4.69) is 14.7 Å². The van der Waals surface area contributed by atoms with E-state index in [0.29, 0.717) is 12.2 Å². The topological polar surface area (TPSA) is 57.0 Å². The average molecular weight is 217 g/mol. The summed E-state index contributed by atoms with van der Waals surface area (Å²) in [7, 11) is 1.35. The molecule has 2 aromatic rings. The second-order valence-electron chi connectivity index (χ2n) is 3.25. The fourth-order valence-electron chi connectivity index (χ4n) is 1.41. The van der Waals surface area contributed by atoms with Gasteiger partial charge >= 0.3 is 5.97 Å². The molecule has 0 spiro atoms. The molecular formula is C11H11N3O2. The Morgan fingerprint density at radius 3 is 2.81 bits per heavy atom. The molecule has 0 aliphatic rings. The quantitative estimate of drug-likeness (QED) is 0.723. The number of nitrogens with zero attached hydrogens (tertiary/aromatic N) is 3. The molecule has 0 aromatic carbocycles. The van der Waals surface area contributed by atoms with Crippen molar-refractivity contribution in [2.24, 2.45) is 0 Å². The van der Waals surface area contributed by atoms with Crippen molar-refractivity contribution < 1.29 is 9.53 Å². The number of rotatable bonds is 3. The third-order valence-corrected chi connectivity index (χ3v) is 2.21. The molecule has 0 aliphatic heterocycles. The van der Waals surface area contributed by atoms with Gasteiger partial charge < -0.3 is 9.30 Å². The highest BCUT2D eigenvalue weighted by Crippen LogP contribution is 2.06. The largest absolute Gasteiger partial charge is 0.464 e. The second kappa shape index (κ2) is 4.57. The molecular weight excluding hydrogens is 206 g/mol. The van der Waals surface area contributed by atoms with Crippen LogP contribution in [0.3, 0.4) is 0 Å². The van der Waals surface area contributed by atoms with Crippen molar-refractivity contribution in [1.29, 1.82) is 0 Å². The third kappa shape index (κ3) is 2.08. The number of carbonyl (C=O) groups excluding carboxylic acids is 1. The van der Waals surface area contributed by atoms with Crippen LogP contribution in [0.1, 0.15) is 16.1 Å². The van der Waals surface area contributed by atoms with Gasteiger partial charge in [-0.25, -0.2) is 9.78 Å². The summed E-state index contributed by atoms with van der Waals surface area (Å²) in [5, 5.41) is 0. The maximum Gasteiger partial charge on any atom is 0.356 e. The first-order valence-corrected chi connectivity index (χ1v) is 4.78. The fourth-order valence-corrected chi connectivity index (χ4v) is 1.41. The van der Waals surface area contributed by atoms with Crippen molar-refractivity contribution in [2.75, 3.05) is 7.11 Å². The van der Waals surface area contributed by atoms with Crippen LogP contribution in [0.2, 0.25) is 0 Å². The molecule has 0 bridgehead atoms. The summed E-state index contributed by atoms with van der Waals surface area (Å²) in [6.45, 7) is 0.576. The van der Waals surface area contributed by atoms with Gasteiger partial charge in [0.1, 0.15) is 5.69 Å². The highest BCUT2D eigenvalue weighted by Gasteiger charge is 2.11. The molecule has 0 saturated carbocycles. The number of methoxy groups -OCH3 is 1. The minimum atomic E-state index is -0.383. The van der Waals surface area contributed by atoms with Crippen molar-refractivity contribution >= 4 is 5.97 Å². The van der Waals surface area contributed by atoms with E-state index >= 15 is 0 Å². The first kappa shape index (κ1) is 10.4. The molecule has 0 radical (unpaired) electrons. The number of aromatic nitrogens is 3. The number of esters is 1. The minimum absolute atomic E-state index is 0.383. The molecule has 5 heteroatoms. The zero-order valence-corrected chi connectivity index (χ0v) is 8.83. The Morgan fingerprint density at radius 2 is 2.12 bits per heavy atom. The Labute approximate surface area is 92.7 Å². The zero-order chi connectivity index (χ0) is 11.4. The standard InChI is InChI=1S/C11H11N3O2/c1-16-11(15)10-6-13-8-14(10)7-9-2-4-12-5-3-9/h2-6,8H,7H2,1H3. The Morgan fingerprint density at radius 1 is 1.38 bits per heavy atom. The predicted octanol–water partition coefficient (Wildman–Crippen LogP) is 1.11. The Balaban J connectivity index is 2.22. The molecule has 2 rings (SSSR count). The molecule has 0 N–H and O–H groups in total. The Kier molecular flexibility index (Phi) is 2.95. The van der Waals surface area contributed by atoms with Crippen LogP contribution in [0.15, 0.2) is 37.1 Å². The van der Waals surface area contributed by atoms with Gasteiger partial charge in [-0.05, 0) is 17.7 Å². The van der Waals surface area contributed by atoms with Crippen molar-refractivity contribution in [2.45, 2.75) is 6.54 Å². The average Bonchev–Trinajstić information content (AvgIpc) is 2.77. The summed E-state index contributed by atoms with van der Waals surface area (Å²) in [5.41, 5.74) is 1.50. The van der Waals surface area contributed by atoms with Crippen LogP contribution < -0.4 is 0 Å². The highest BCUT2D eigenvalue weighted by molar-refractivity contribution is 5.87. The van der Waals surface area contributed by atoms with E-state index in [4.69, 9.17) is 0 Å². The van der Waals surface area contributed by atoms with Gasteiger partial charge in [-0.1, -0.05) is 0 Å². The Hall–Kier alpha value is -2.17. The van der Waals surface area contributed by atoms with Crippen molar-refractivity contribution in [3.05, 3.63) is 48.3 Å². The van der Waals surface area contributed by atoms with Crippen LogP contribution in [-0.2, 0) is 11.3 Å². The van der Waals surface area contributed by atoms with E-state index in [9.17, 15) is 4.79 Å². The molecule has 2 aromatic heterocycles. The molecule has 0 amide bonds. The molecule has 0 saturated heterocycles. The van der Waals surface area contributed by atoms with Gasteiger partial charge in [0.15, 0.2) is 0 Å². The van der Waals surface area contributed by atoms with Gasteiger partial charge in [-0.3, -0.25) is 4.98 Å². The number of hydrogen-bond donors (Lipinski definition) is 0. The Bertz CT molecular complexity index is 479. The van der Waals surface area contributed by atoms with Crippen molar-refractivity contribution in [3.63, 3.8) is 0 Å². The lowest BCUT2D eigenvalue weighted by molar-refractivity contribution is 0.0589. The van der Waals surface area contributed by atoms with E-state index in [-0.39, 0.29) is 5.97 Å². The predicted molar refractivity (Wildman–Crippen MR) is 56.9 cm³/mol. The van der Waals surface area contributed by atoms with Crippen LogP contribution in [0.4, 0.5) is 0 Å². The summed E-state index contributed by atoms with van der Waals surface area (Å²) in [6.07, 6.45) is 6.52. The van der Waals surface area contributed by atoms with Gasteiger partial charge in [0.25, 0.3) is 0 Å². The zero-order valence-electron chi connectivity index (χ0n) is 8.83. The normalized spacial score (nSPS) is 10.1. The maximum atomic E-state index is 11.4. The number of imidazole rings is 1. The lowest BCUT2D eigenvalue weighted by Gasteiger charge is -2.06. The summed E-state index contributed by atoms with van der Waals surface area (Å²) >= 11 is 0. The SMILES string of the molecule is COC(=O)c1cncn1Cc1ccncc1. The molecule has 0 unspecified atom stereocenters. The molecule has 2 heterocycles. The number of pyridine rings is 1. The summed E-state index contributed by atoms with van der Waals surface area (Å²) < 4.78 is 6.40. The maximum absolute atomic E-state index is 11.4.